The minimum absolute atomic E-state index is 0. The van der Waals surface area contributed by atoms with Gasteiger partial charge in [0.15, 0.2) is 0 Å². The van der Waals surface area contributed by atoms with Crippen LogP contribution < -0.4 is 15.3 Å². The first-order valence-electron chi connectivity index (χ1n) is 12.1. The quantitative estimate of drug-likeness (QED) is 0.185. The van der Waals surface area contributed by atoms with Crippen LogP contribution in [-0.4, -0.2) is 17.9 Å². The molecule has 214 valence electrons. The summed E-state index contributed by atoms with van der Waals surface area (Å²) >= 11 is 0. The normalized spacial score (nSPS) is 10.8. The molecule has 0 fully saturated rings. The van der Waals surface area contributed by atoms with Crippen molar-refractivity contribution in [3.63, 3.8) is 0 Å². The molecule has 0 aliphatic rings. The molecular weight excluding hydrogens is 563 g/mol. The fourth-order valence-corrected chi connectivity index (χ4v) is 2.59. The predicted molar refractivity (Wildman–Crippen MR) is 142 cm³/mol. The molecule has 0 bridgehead atoms. The van der Waals surface area contributed by atoms with E-state index in [1.807, 2.05) is 41.5 Å². The number of hydrogen-bond acceptors (Lipinski definition) is 6. The summed E-state index contributed by atoms with van der Waals surface area (Å²) in [5.74, 6) is -3.32. The third kappa shape index (κ3) is 44.0. The first-order valence-corrected chi connectivity index (χ1v) is 12.1. The van der Waals surface area contributed by atoms with Crippen LogP contribution in [0.1, 0.15) is 101 Å². The van der Waals surface area contributed by atoms with Gasteiger partial charge < -0.3 is 29.7 Å². The van der Waals surface area contributed by atoms with Crippen LogP contribution in [0.25, 0.3) is 0 Å². The molecule has 0 saturated heterocycles. The van der Waals surface area contributed by atoms with Crippen LogP contribution in [0.5, 0.6) is 0 Å². The molecule has 0 unspecified atom stereocenters. The zero-order chi connectivity index (χ0) is 28.7. The van der Waals surface area contributed by atoms with E-state index in [0.717, 1.165) is 73.5 Å². The summed E-state index contributed by atoms with van der Waals surface area (Å²) < 4.78 is 0. The molecule has 0 aromatic carbocycles. The second kappa shape index (κ2) is 26.6. The van der Waals surface area contributed by atoms with Crippen molar-refractivity contribution in [2.75, 3.05) is 0 Å². The van der Waals surface area contributed by atoms with Gasteiger partial charge in [-0.15, -0.1) is 0 Å². The van der Waals surface area contributed by atoms with Gasteiger partial charge in [-0.3, -0.25) is 0 Å². The maximum Gasteiger partial charge on any atom is 0.0642 e. The fraction of sp³-hybridized carbons (Fsp3) is 0.500. The van der Waals surface area contributed by atoms with Crippen molar-refractivity contribution in [2.24, 2.45) is 0 Å². The van der Waals surface area contributed by atoms with Gasteiger partial charge in [-0.2, -0.15) is 0 Å². The average molecular weight is 608 g/mol. The van der Waals surface area contributed by atoms with E-state index in [2.05, 4.69) is 18.2 Å². The summed E-state index contributed by atoms with van der Waals surface area (Å²) in [5, 5.41) is 30.3. The van der Waals surface area contributed by atoms with Gasteiger partial charge in [0.05, 0.1) is 17.9 Å². The molecule has 6 nitrogen and oxygen atoms in total. The Morgan fingerprint density at radius 2 is 0.649 bits per heavy atom. The summed E-state index contributed by atoms with van der Waals surface area (Å²) in [6.45, 7) is 17.6. The summed E-state index contributed by atoms with van der Waals surface area (Å²) in [6.07, 6.45) is 14.8. The second-order valence-electron chi connectivity index (χ2n) is 9.39. The number of allylic oxidation sites excluding steroid dienone is 9. The zero-order valence-electron chi connectivity index (χ0n) is 24.0. The first kappa shape index (κ1) is 41.6. The molecule has 7 heteroatoms. The zero-order valence-corrected chi connectivity index (χ0v) is 25.5. The fourth-order valence-electron chi connectivity index (χ4n) is 2.59. The number of carbonyl (C=O) groups is 3. The predicted octanol–water partition coefficient (Wildman–Crippen LogP) is 4.28. The molecule has 0 aromatic rings. The summed E-state index contributed by atoms with van der Waals surface area (Å²) in [6, 6.07) is 0. The monoisotopic (exact) mass is 607 g/mol. The number of hydrogen-bond donors (Lipinski definition) is 0. The third-order valence-corrected chi connectivity index (χ3v) is 4.37. The molecule has 0 heterocycles. The van der Waals surface area contributed by atoms with Gasteiger partial charge >= 0.3 is 0 Å². The van der Waals surface area contributed by atoms with Gasteiger partial charge in [0.1, 0.15) is 0 Å². The Bertz CT molecular complexity index is 744. The number of carboxylic acid groups (broad SMARTS) is 3. The van der Waals surface area contributed by atoms with E-state index in [0.29, 0.717) is 0 Å². The SMILES string of the molecule is CC(C)=CCC/C(C)=C\C(=O)[O-].CC(C)=CCC/C(C)=C\C(=O)[O-].CC(C)=CCC/C(C)=C\C(=O)[O-].[Pd]. The molecule has 0 aromatic heterocycles. The van der Waals surface area contributed by atoms with Crippen molar-refractivity contribution < 1.29 is 50.1 Å². The molecule has 0 aliphatic heterocycles. The summed E-state index contributed by atoms with van der Waals surface area (Å²) in [4.78, 5) is 30.3. The van der Waals surface area contributed by atoms with E-state index in [1.54, 1.807) is 20.8 Å². The molecule has 0 amide bonds. The van der Waals surface area contributed by atoms with Crippen LogP contribution in [0.4, 0.5) is 0 Å². The molecule has 0 aliphatic carbocycles. The maximum absolute atomic E-state index is 10.1. The van der Waals surface area contributed by atoms with Gasteiger partial charge in [-0.25, -0.2) is 0 Å². The third-order valence-electron chi connectivity index (χ3n) is 4.37. The van der Waals surface area contributed by atoms with Gasteiger partial charge in [0.2, 0.25) is 0 Å². The molecule has 0 rings (SSSR count). The van der Waals surface area contributed by atoms with Crippen LogP contribution in [0.3, 0.4) is 0 Å². The number of carbonyl (C=O) groups excluding carboxylic acids is 3. The second-order valence-corrected chi connectivity index (χ2v) is 9.39. The Morgan fingerprint density at radius 3 is 0.784 bits per heavy atom. The largest absolute Gasteiger partial charge is 0.545 e. The van der Waals surface area contributed by atoms with Crippen LogP contribution >= 0.6 is 0 Å². The Kier molecular flexibility index (Phi) is 29.9. The van der Waals surface area contributed by atoms with E-state index < -0.39 is 17.9 Å². The van der Waals surface area contributed by atoms with E-state index in [-0.39, 0.29) is 20.4 Å². The number of carboxylic acids is 3. The number of rotatable bonds is 12. The van der Waals surface area contributed by atoms with Crippen molar-refractivity contribution in [1.29, 1.82) is 0 Å². The van der Waals surface area contributed by atoms with E-state index in [4.69, 9.17) is 0 Å². The van der Waals surface area contributed by atoms with E-state index in [9.17, 15) is 29.7 Å². The molecular formula is C30H45O6Pd-3. The van der Waals surface area contributed by atoms with E-state index in [1.165, 1.54) is 16.7 Å². The molecule has 0 atom stereocenters. The average Bonchev–Trinajstić information content (AvgIpc) is 2.66. The molecule has 37 heavy (non-hydrogen) atoms. The Morgan fingerprint density at radius 1 is 0.459 bits per heavy atom. The van der Waals surface area contributed by atoms with Crippen LogP contribution in [0.15, 0.2) is 69.9 Å². The van der Waals surface area contributed by atoms with Crippen LogP contribution in [0.2, 0.25) is 0 Å². The standard InChI is InChI=1S/3C10H16O2.Pd/c3*1-8(2)5-4-6-9(3)7-10(11)12;/h3*5,7H,4,6H2,1-3H3,(H,11,12);/p-3/b3*9-7-;. The van der Waals surface area contributed by atoms with Crippen molar-refractivity contribution in [3.05, 3.63) is 69.9 Å². The van der Waals surface area contributed by atoms with Crippen LogP contribution in [0, 0.1) is 0 Å². The summed E-state index contributed by atoms with van der Waals surface area (Å²) in [5.41, 5.74) is 6.34. The van der Waals surface area contributed by atoms with Crippen molar-refractivity contribution in [1.82, 2.24) is 0 Å². The van der Waals surface area contributed by atoms with Gasteiger partial charge in [-0.05, 0) is 119 Å². The van der Waals surface area contributed by atoms with E-state index >= 15 is 0 Å². The van der Waals surface area contributed by atoms with Crippen LogP contribution in [-0.2, 0) is 34.8 Å². The van der Waals surface area contributed by atoms with Crippen molar-refractivity contribution >= 4 is 17.9 Å². The molecule has 0 radical (unpaired) electrons. The van der Waals surface area contributed by atoms with Gasteiger partial charge in [0, 0.05) is 20.4 Å². The van der Waals surface area contributed by atoms with Crippen molar-refractivity contribution in [3.8, 4) is 0 Å². The minimum Gasteiger partial charge on any atom is -0.545 e. The first-order chi connectivity index (χ1) is 16.6. The molecule has 0 saturated carbocycles. The van der Waals surface area contributed by atoms with Gasteiger partial charge in [-0.1, -0.05) is 51.7 Å². The Balaban J connectivity index is -0.000000218. The topological polar surface area (TPSA) is 120 Å². The molecule has 0 N–H and O–H groups in total. The Hall–Kier alpha value is -2.49. The maximum atomic E-state index is 10.1. The smallest absolute Gasteiger partial charge is 0.0642 e. The van der Waals surface area contributed by atoms with Crippen molar-refractivity contribution in [2.45, 2.75) is 101 Å². The number of aliphatic carboxylic acids is 3. The van der Waals surface area contributed by atoms with Gasteiger partial charge in [0.25, 0.3) is 0 Å². The summed E-state index contributed by atoms with van der Waals surface area (Å²) in [7, 11) is 0. The minimum atomic E-state index is -1.11. The molecule has 0 spiro atoms. The Labute approximate surface area is 238 Å².